The average Bonchev–Trinajstić information content (AvgIpc) is 2.88. The Morgan fingerprint density at radius 3 is 3.09 bits per heavy atom. The molecule has 0 fully saturated rings. The number of hydrogen-bond acceptors (Lipinski definition) is 3. The Bertz CT molecular complexity index is 840. The summed E-state index contributed by atoms with van der Waals surface area (Å²) in [6.45, 7) is 2.46. The Balaban J connectivity index is 1.65. The van der Waals surface area contributed by atoms with E-state index >= 15 is 0 Å². The molecule has 2 aromatic heterocycles. The fourth-order valence-electron chi connectivity index (χ4n) is 3.24. The van der Waals surface area contributed by atoms with Crippen molar-refractivity contribution < 1.29 is 4.39 Å². The Morgan fingerprint density at radius 2 is 2.18 bits per heavy atom. The average molecular weight is 296 g/mol. The molecule has 0 unspecified atom stereocenters. The summed E-state index contributed by atoms with van der Waals surface area (Å²) in [6, 6.07) is 6.89. The fourth-order valence-corrected chi connectivity index (χ4v) is 3.24. The molecular formula is C17H17FN4. The molecule has 3 heterocycles. The molecule has 3 aromatic rings. The van der Waals surface area contributed by atoms with Crippen molar-refractivity contribution in [1.82, 2.24) is 19.4 Å². The second-order valence-electron chi connectivity index (χ2n) is 5.85. The minimum absolute atomic E-state index is 0.203. The maximum Gasteiger partial charge on any atom is 0.124 e. The Hall–Kier alpha value is -2.27. The van der Waals surface area contributed by atoms with E-state index in [0.29, 0.717) is 6.54 Å². The second kappa shape index (κ2) is 5.18. The molecule has 0 saturated heterocycles. The van der Waals surface area contributed by atoms with E-state index in [2.05, 4.69) is 19.4 Å². The van der Waals surface area contributed by atoms with Crippen LogP contribution in [0.1, 0.15) is 17.0 Å². The van der Waals surface area contributed by atoms with Crippen molar-refractivity contribution in [2.75, 3.05) is 6.54 Å². The molecular weight excluding hydrogens is 279 g/mol. The van der Waals surface area contributed by atoms with Gasteiger partial charge in [0.05, 0.1) is 17.5 Å². The molecule has 1 aliphatic heterocycles. The lowest BCUT2D eigenvalue weighted by atomic mass is 10.1. The summed E-state index contributed by atoms with van der Waals surface area (Å²) in [4.78, 5) is 11.2. The minimum atomic E-state index is -0.203. The van der Waals surface area contributed by atoms with E-state index in [9.17, 15) is 4.39 Å². The third-order valence-corrected chi connectivity index (χ3v) is 4.33. The molecule has 0 atom stereocenters. The highest BCUT2D eigenvalue weighted by atomic mass is 19.1. The maximum atomic E-state index is 13.8. The number of hydrogen-bond donors (Lipinski definition) is 0. The van der Waals surface area contributed by atoms with Crippen LogP contribution in [0.4, 0.5) is 4.39 Å². The molecule has 0 aliphatic carbocycles. The molecule has 4 rings (SSSR count). The minimum Gasteiger partial charge on any atom is -0.337 e. The van der Waals surface area contributed by atoms with Gasteiger partial charge in [-0.25, -0.2) is 9.37 Å². The summed E-state index contributed by atoms with van der Waals surface area (Å²) in [5, 5.41) is 0.855. The van der Waals surface area contributed by atoms with Crippen LogP contribution < -0.4 is 0 Å². The molecule has 5 heteroatoms. The summed E-state index contributed by atoms with van der Waals surface area (Å²) in [7, 11) is 2.03. The molecule has 0 radical (unpaired) electrons. The number of aromatic nitrogens is 3. The van der Waals surface area contributed by atoms with Gasteiger partial charge in [-0.2, -0.15) is 0 Å². The van der Waals surface area contributed by atoms with Crippen molar-refractivity contribution in [3.05, 3.63) is 59.6 Å². The first-order valence-corrected chi connectivity index (χ1v) is 7.45. The van der Waals surface area contributed by atoms with Gasteiger partial charge in [0.2, 0.25) is 0 Å². The van der Waals surface area contributed by atoms with Crippen molar-refractivity contribution in [2.45, 2.75) is 19.5 Å². The van der Waals surface area contributed by atoms with E-state index < -0.39 is 0 Å². The lowest BCUT2D eigenvalue weighted by molar-refractivity contribution is 0.240. The van der Waals surface area contributed by atoms with Crippen LogP contribution in [0, 0.1) is 5.82 Å². The molecule has 1 aliphatic rings. The van der Waals surface area contributed by atoms with Crippen LogP contribution in [-0.2, 0) is 26.6 Å². The first-order valence-electron chi connectivity index (χ1n) is 7.45. The quantitative estimate of drug-likeness (QED) is 0.729. The molecule has 0 spiro atoms. The normalized spacial score (nSPS) is 15.2. The van der Waals surface area contributed by atoms with E-state index in [0.717, 1.165) is 41.7 Å². The molecule has 0 saturated carbocycles. The number of pyridine rings is 1. The molecule has 0 bridgehead atoms. The van der Waals surface area contributed by atoms with Crippen LogP contribution in [0.15, 0.2) is 36.8 Å². The van der Waals surface area contributed by atoms with Crippen LogP contribution in [0.3, 0.4) is 0 Å². The van der Waals surface area contributed by atoms with Gasteiger partial charge >= 0.3 is 0 Å². The van der Waals surface area contributed by atoms with Crippen molar-refractivity contribution >= 4 is 10.9 Å². The Kier molecular flexibility index (Phi) is 3.15. The van der Waals surface area contributed by atoms with Crippen molar-refractivity contribution in [1.29, 1.82) is 0 Å². The van der Waals surface area contributed by atoms with E-state index in [1.165, 1.54) is 5.69 Å². The number of benzene rings is 1. The zero-order chi connectivity index (χ0) is 15.1. The molecule has 112 valence electrons. The van der Waals surface area contributed by atoms with Crippen LogP contribution >= 0.6 is 0 Å². The van der Waals surface area contributed by atoms with Crippen LogP contribution in [0.25, 0.3) is 10.9 Å². The summed E-state index contributed by atoms with van der Waals surface area (Å²) < 4.78 is 15.9. The zero-order valence-electron chi connectivity index (χ0n) is 12.5. The standard InChI is InChI=1S/C17H17FN4/c1-21-11-20-15-10-22(6-4-16(15)21)9-13-8-14(18)7-12-3-2-5-19-17(12)13/h2-3,5,7-8,11H,4,6,9-10H2,1H3. The van der Waals surface area contributed by atoms with Crippen LogP contribution in [0.2, 0.25) is 0 Å². The highest BCUT2D eigenvalue weighted by molar-refractivity contribution is 5.81. The number of halogens is 1. The number of rotatable bonds is 2. The van der Waals surface area contributed by atoms with Gasteiger partial charge in [0.25, 0.3) is 0 Å². The van der Waals surface area contributed by atoms with E-state index in [-0.39, 0.29) is 5.82 Å². The summed E-state index contributed by atoms with van der Waals surface area (Å²) in [6.07, 6.45) is 4.61. The molecule has 0 amide bonds. The fraction of sp³-hybridized carbons (Fsp3) is 0.294. The summed E-state index contributed by atoms with van der Waals surface area (Å²) in [5.74, 6) is -0.203. The molecule has 4 nitrogen and oxygen atoms in total. The number of nitrogens with zero attached hydrogens (tertiary/aromatic N) is 4. The first-order chi connectivity index (χ1) is 10.7. The highest BCUT2D eigenvalue weighted by Crippen LogP contribution is 2.23. The van der Waals surface area contributed by atoms with Crippen molar-refractivity contribution in [2.24, 2.45) is 7.05 Å². The zero-order valence-corrected chi connectivity index (χ0v) is 12.5. The molecule has 22 heavy (non-hydrogen) atoms. The second-order valence-corrected chi connectivity index (χ2v) is 5.85. The largest absolute Gasteiger partial charge is 0.337 e. The van der Waals surface area contributed by atoms with Gasteiger partial charge in [0, 0.05) is 50.4 Å². The van der Waals surface area contributed by atoms with E-state index in [1.807, 2.05) is 25.5 Å². The Morgan fingerprint density at radius 1 is 1.27 bits per heavy atom. The lowest BCUT2D eigenvalue weighted by Crippen LogP contribution is -2.30. The van der Waals surface area contributed by atoms with Gasteiger partial charge in [-0.1, -0.05) is 6.07 Å². The van der Waals surface area contributed by atoms with E-state index in [1.54, 1.807) is 18.3 Å². The van der Waals surface area contributed by atoms with Crippen molar-refractivity contribution in [3.8, 4) is 0 Å². The molecule has 0 N–H and O–H groups in total. The van der Waals surface area contributed by atoms with Gasteiger partial charge in [-0.15, -0.1) is 0 Å². The maximum absolute atomic E-state index is 13.8. The Labute approximate surface area is 128 Å². The lowest BCUT2D eigenvalue weighted by Gasteiger charge is -2.27. The van der Waals surface area contributed by atoms with Gasteiger partial charge in [-0.3, -0.25) is 9.88 Å². The highest BCUT2D eigenvalue weighted by Gasteiger charge is 2.20. The number of imidazole rings is 1. The summed E-state index contributed by atoms with van der Waals surface area (Å²) >= 11 is 0. The van der Waals surface area contributed by atoms with Crippen LogP contribution in [-0.4, -0.2) is 26.0 Å². The number of fused-ring (bicyclic) bond motifs is 2. The monoisotopic (exact) mass is 296 g/mol. The van der Waals surface area contributed by atoms with Gasteiger partial charge in [0.1, 0.15) is 5.82 Å². The van der Waals surface area contributed by atoms with Crippen molar-refractivity contribution in [3.63, 3.8) is 0 Å². The van der Waals surface area contributed by atoms with E-state index in [4.69, 9.17) is 0 Å². The van der Waals surface area contributed by atoms with Crippen LogP contribution in [0.5, 0.6) is 0 Å². The smallest absolute Gasteiger partial charge is 0.124 e. The first kappa shape index (κ1) is 13.4. The van der Waals surface area contributed by atoms with Gasteiger partial charge in [-0.05, 0) is 23.8 Å². The topological polar surface area (TPSA) is 34.0 Å². The third-order valence-electron chi connectivity index (χ3n) is 4.33. The van der Waals surface area contributed by atoms with Gasteiger partial charge in [0.15, 0.2) is 0 Å². The molecule has 1 aromatic carbocycles. The SMILES string of the molecule is Cn1cnc2c1CCN(Cc1cc(F)cc3cccnc13)C2. The van der Waals surface area contributed by atoms with Gasteiger partial charge < -0.3 is 4.57 Å². The third kappa shape index (κ3) is 2.27. The summed E-state index contributed by atoms with van der Waals surface area (Å²) in [5.41, 5.74) is 4.26. The number of aryl methyl sites for hydroxylation is 1. The predicted molar refractivity (Wildman–Crippen MR) is 82.7 cm³/mol. The predicted octanol–water partition coefficient (Wildman–Crippen LogP) is 2.67.